The van der Waals surface area contributed by atoms with Crippen molar-refractivity contribution in [3.8, 4) is 0 Å². The second-order valence-electron chi connectivity index (χ2n) is 7.23. The number of piperidine rings is 1. The molecule has 0 aliphatic carbocycles. The second-order valence-corrected chi connectivity index (χ2v) is 7.23. The van der Waals surface area contributed by atoms with Crippen LogP contribution in [0.5, 0.6) is 0 Å². The van der Waals surface area contributed by atoms with Gasteiger partial charge in [-0.05, 0) is 49.1 Å². The minimum Gasteiger partial charge on any atom is -0.381 e. The number of hydrogen-bond donors (Lipinski definition) is 2. The van der Waals surface area contributed by atoms with E-state index >= 15 is 0 Å². The maximum atomic E-state index is 4.10. The van der Waals surface area contributed by atoms with E-state index in [1.165, 1.54) is 30.6 Å². The molecule has 0 bridgehead atoms. The summed E-state index contributed by atoms with van der Waals surface area (Å²) in [7, 11) is 0. The molecule has 1 aromatic heterocycles. The topological polar surface area (TPSA) is 44.0 Å². The van der Waals surface area contributed by atoms with Crippen molar-refractivity contribution in [3.05, 3.63) is 60.3 Å². The largest absolute Gasteiger partial charge is 0.381 e. The minimum absolute atomic E-state index is 0.515. The summed E-state index contributed by atoms with van der Waals surface area (Å²) in [6.07, 6.45) is 4.38. The van der Waals surface area contributed by atoms with Crippen molar-refractivity contribution in [3.63, 3.8) is 0 Å². The van der Waals surface area contributed by atoms with Crippen LogP contribution in [0.4, 0.5) is 5.69 Å². The number of rotatable bonds is 5. The molecule has 0 spiro atoms. The molecular formula is C21H26N4. The summed E-state index contributed by atoms with van der Waals surface area (Å²) >= 11 is 0. The zero-order chi connectivity index (χ0) is 17.1. The molecule has 1 unspecified atom stereocenters. The Hall–Kier alpha value is -2.33. The van der Waals surface area contributed by atoms with E-state index < -0.39 is 0 Å². The summed E-state index contributed by atoms with van der Waals surface area (Å²) < 4.78 is 0. The van der Waals surface area contributed by atoms with Crippen LogP contribution in [0.2, 0.25) is 0 Å². The van der Waals surface area contributed by atoms with Crippen molar-refractivity contribution in [2.24, 2.45) is 0 Å². The fourth-order valence-corrected chi connectivity index (χ4v) is 3.88. The molecule has 25 heavy (non-hydrogen) atoms. The third kappa shape index (κ3) is 3.85. The van der Waals surface area contributed by atoms with E-state index in [0.29, 0.717) is 12.0 Å². The van der Waals surface area contributed by atoms with Gasteiger partial charge in [0.2, 0.25) is 0 Å². The van der Waals surface area contributed by atoms with E-state index in [1.54, 1.807) is 0 Å². The lowest BCUT2D eigenvalue weighted by Gasteiger charge is -2.35. The summed E-state index contributed by atoms with van der Waals surface area (Å²) in [6, 6.07) is 17.8. The second kappa shape index (κ2) is 7.28. The molecule has 0 saturated carbocycles. The van der Waals surface area contributed by atoms with Gasteiger partial charge in [0, 0.05) is 30.2 Å². The lowest BCUT2D eigenvalue weighted by molar-refractivity contribution is 0.207. The highest BCUT2D eigenvalue weighted by Crippen LogP contribution is 2.22. The monoisotopic (exact) mass is 334 g/mol. The van der Waals surface area contributed by atoms with Crippen LogP contribution in [-0.2, 0) is 0 Å². The number of hydrogen-bond acceptors (Lipinski definition) is 3. The van der Waals surface area contributed by atoms with Gasteiger partial charge in [-0.3, -0.25) is 5.10 Å². The van der Waals surface area contributed by atoms with Crippen molar-refractivity contribution in [1.82, 2.24) is 15.1 Å². The van der Waals surface area contributed by atoms with Crippen LogP contribution in [0.1, 0.15) is 31.2 Å². The predicted octanol–water partition coefficient (Wildman–Crippen LogP) is 4.24. The first-order valence-corrected chi connectivity index (χ1v) is 9.25. The SMILES string of the molecule is CC(CN1CCC[C@@H](Nc2ccc3[nH]ncc3c2)C1)c1ccccc1. The van der Waals surface area contributed by atoms with Gasteiger partial charge < -0.3 is 10.2 Å². The summed E-state index contributed by atoms with van der Waals surface area (Å²) in [6.45, 7) is 5.78. The van der Waals surface area contributed by atoms with E-state index in [-0.39, 0.29) is 0 Å². The molecule has 4 rings (SSSR count). The Balaban J connectivity index is 1.37. The third-order valence-electron chi connectivity index (χ3n) is 5.22. The number of H-pyrrole nitrogens is 1. The number of fused-ring (bicyclic) bond motifs is 1. The van der Waals surface area contributed by atoms with Crippen molar-refractivity contribution >= 4 is 16.6 Å². The molecule has 2 heterocycles. The number of aromatic amines is 1. The van der Waals surface area contributed by atoms with Gasteiger partial charge in [0.1, 0.15) is 0 Å². The van der Waals surface area contributed by atoms with Gasteiger partial charge in [0.15, 0.2) is 0 Å². The Morgan fingerprint density at radius 3 is 3.00 bits per heavy atom. The smallest absolute Gasteiger partial charge is 0.0651 e. The van der Waals surface area contributed by atoms with Gasteiger partial charge in [-0.1, -0.05) is 37.3 Å². The zero-order valence-corrected chi connectivity index (χ0v) is 14.8. The van der Waals surface area contributed by atoms with Crippen molar-refractivity contribution in [2.45, 2.75) is 31.7 Å². The molecule has 1 fully saturated rings. The van der Waals surface area contributed by atoms with Gasteiger partial charge in [-0.2, -0.15) is 5.10 Å². The summed E-state index contributed by atoms with van der Waals surface area (Å²) in [5, 5.41) is 12.0. The molecule has 4 nitrogen and oxygen atoms in total. The average Bonchev–Trinajstić information content (AvgIpc) is 3.10. The molecule has 0 radical (unpaired) electrons. The Bertz CT molecular complexity index is 811. The van der Waals surface area contributed by atoms with Gasteiger partial charge >= 0.3 is 0 Å². The van der Waals surface area contributed by atoms with Crippen LogP contribution < -0.4 is 5.32 Å². The van der Waals surface area contributed by atoms with Crippen LogP contribution in [0.3, 0.4) is 0 Å². The van der Waals surface area contributed by atoms with Crippen LogP contribution in [-0.4, -0.2) is 40.8 Å². The molecule has 3 aromatic rings. The van der Waals surface area contributed by atoms with E-state index in [2.05, 4.69) is 75.9 Å². The Kier molecular flexibility index (Phi) is 4.70. The number of likely N-dealkylation sites (tertiary alicyclic amines) is 1. The summed E-state index contributed by atoms with van der Waals surface area (Å²) in [5.74, 6) is 0.572. The lowest BCUT2D eigenvalue weighted by atomic mass is 9.98. The molecular weight excluding hydrogens is 308 g/mol. The number of aromatic nitrogens is 2. The summed E-state index contributed by atoms with van der Waals surface area (Å²) in [4.78, 5) is 2.61. The van der Waals surface area contributed by atoms with E-state index in [4.69, 9.17) is 0 Å². The van der Waals surface area contributed by atoms with Crippen LogP contribution >= 0.6 is 0 Å². The van der Waals surface area contributed by atoms with Crippen molar-refractivity contribution in [2.75, 3.05) is 25.0 Å². The molecule has 0 amide bonds. The number of nitrogens with zero attached hydrogens (tertiary/aromatic N) is 2. The first-order chi connectivity index (χ1) is 12.3. The molecule has 1 aliphatic heterocycles. The molecule has 4 heteroatoms. The first-order valence-electron chi connectivity index (χ1n) is 9.25. The Morgan fingerprint density at radius 2 is 2.12 bits per heavy atom. The number of nitrogens with one attached hydrogen (secondary N) is 2. The molecule has 1 aliphatic rings. The fourth-order valence-electron chi connectivity index (χ4n) is 3.88. The van der Waals surface area contributed by atoms with Crippen LogP contribution in [0, 0.1) is 0 Å². The van der Waals surface area contributed by atoms with Gasteiger partial charge in [-0.25, -0.2) is 0 Å². The maximum Gasteiger partial charge on any atom is 0.0651 e. The van der Waals surface area contributed by atoms with Crippen molar-refractivity contribution < 1.29 is 0 Å². The molecule has 2 atom stereocenters. The highest BCUT2D eigenvalue weighted by molar-refractivity contribution is 5.81. The van der Waals surface area contributed by atoms with E-state index in [1.807, 2.05) is 6.20 Å². The maximum absolute atomic E-state index is 4.10. The third-order valence-corrected chi connectivity index (χ3v) is 5.22. The minimum atomic E-state index is 0.515. The zero-order valence-electron chi connectivity index (χ0n) is 14.8. The van der Waals surface area contributed by atoms with E-state index in [0.717, 1.165) is 24.0 Å². The molecule has 1 saturated heterocycles. The van der Waals surface area contributed by atoms with Gasteiger partial charge in [0.25, 0.3) is 0 Å². The van der Waals surface area contributed by atoms with Gasteiger partial charge in [0.05, 0.1) is 11.7 Å². The summed E-state index contributed by atoms with van der Waals surface area (Å²) in [5.41, 5.74) is 3.72. The normalized spacial score (nSPS) is 19.8. The number of anilines is 1. The average molecular weight is 334 g/mol. The molecule has 2 N–H and O–H groups in total. The lowest BCUT2D eigenvalue weighted by Crippen LogP contribution is -2.43. The standard InChI is InChI=1S/C21H26N4/c1-16(17-6-3-2-4-7-17)14-25-11-5-8-20(15-25)23-19-9-10-21-18(12-19)13-22-24-21/h2-4,6-7,9-10,12-13,16,20,23H,5,8,11,14-15H2,1H3,(H,22,24)/t16?,20-/m1/s1. The highest BCUT2D eigenvalue weighted by Gasteiger charge is 2.21. The molecule has 2 aromatic carbocycles. The Labute approximate surface area is 149 Å². The van der Waals surface area contributed by atoms with Crippen LogP contribution in [0.25, 0.3) is 10.9 Å². The van der Waals surface area contributed by atoms with Crippen molar-refractivity contribution in [1.29, 1.82) is 0 Å². The quantitative estimate of drug-likeness (QED) is 0.733. The van der Waals surface area contributed by atoms with Crippen LogP contribution in [0.15, 0.2) is 54.7 Å². The van der Waals surface area contributed by atoms with Gasteiger partial charge in [-0.15, -0.1) is 0 Å². The Morgan fingerprint density at radius 1 is 1.24 bits per heavy atom. The first kappa shape index (κ1) is 16.2. The number of benzene rings is 2. The van der Waals surface area contributed by atoms with E-state index in [9.17, 15) is 0 Å². The predicted molar refractivity (Wildman–Crippen MR) is 104 cm³/mol. The fraction of sp³-hybridized carbons (Fsp3) is 0.381. The highest BCUT2D eigenvalue weighted by atomic mass is 15.2. The molecule has 130 valence electrons.